The number of fused-ring (bicyclic) bond motifs is 1. The van der Waals surface area contributed by atoms with Crippen LogP contribution in [0, 0.1) is 0 Å². The van der Waals surface area contributed by atoms with Crippen LogP contribution in [0.25, 0.3) is 22.2 Å². The number of aromatic carboxylic acids is 1. The zero-order valence-corrected chi connectivity index (χ0v) is 12.5. The van der Waals surface area contributed by atoms with E-state index in [0.29, 0.717) is 10.7 Å². The first-order valence-corrected chi connectivity index (χ1v) is 6.94. The van der Waals surface area contributed by atoms with E-state index in [1.165, 1.54) is 12.1 Å². The summed E-state index contributed by atoms with van der Waals surface area (Å²) in [6.45, 7) is 0. The molecule has 0 aliphatic rings. The SMILES string of the molecule is COc1ccc2nc(-c3ccc(C(=O)O)cc3)c(Cl)cc2c1. The highest BCUT2D eigenvalue weighted by Gasteiger charge is 2.10. The minimum absolute atomic E-state index is 0.227. The second-order valence-electron chi connectivity index (χ2n) is 4.76. The lowest BCUT2D eigenvalue weighted by Crippen LogP contribution is -1.95. The lowest BCUT2D eigenvalue weighted by atomic mass is 10.1. The van der Waals surface area contributed by atoms with Crippen LogP contribution in [0.3, 0.4) is 0 Å². The van der Waals surface area contributed by atoms with Crippen molar-refractivity contribution in [2.45, 2.75) is 0 Å². The first-order chi connectivity index (χ1) is 10.6. The van der Waals surface area contributed by atoms with Crippen molar-refractivity contribution in [2.24, 2.45) is 0 Å². The number of nitrogens with zero attached hydrogens (tertiary/aromatic N) is 1. The van der Waals surface area contributed by atoms with Crippen molar-refractivity contribution in [1.29, 1.82) is 0 Å². The second-order valence-corrected chi connectivity index (χ2v) is 5.17. The number of benzene rings is 2. The summed E-state index contributed by atoms with van der Waals surface area (Å²) < 4.78 is 5.19. The van der Waals surface area contributed by atoms with Crippen molar-refractivity contribution in [3.63, 3.8) is 0 Å². The first kappa shape index (κ1) is 14.4. The first-order valence-electron chi connectivity index (χ1n) is 6.56. The fourth-order valence-corrected chi connectivity index (χ4v) is 2.50. The molecule has 0 aliphatic heterocycles. The van der Waals surface area contributed by atoms with E-state index in [2.05, 4.69) is 4.98 Å². The predicted molar refractivity (Wildman–Crippen MR) is 85.7 cm³/mol. The molecule has 5 heteroatoms. The summed E-state index contributed by atoms with van der Waals surface area (Å²) >= 11 is 6.32. The molecule has 3 aromatic rings. The van der Waals surface area contributed by atoms with E-state index in [9.17, 15) is 4.79 Å². The lowest BCUT2D eigenvalue weighted by molar-refractivity contribution is 0.0697. The molecule has 22 heavy (non-hydrogen) atoms. The predicted octanol–water partition coefficient (Wildman–Crippen LogP) is 4.26. The molecule has 0 amide bonds. The Hall–Kier alpha value is -2.59. The van der Waals surface area contributed by atoms with E-state index in [1.807, 2.05) is 24.3 Å². The number of pyridine rings is 1. The molecule has 1 N–H and O–H groups in total. The van der Waals surface area contributed by atoms with E-state index in [4.69, 9.17) is 21.4 Å². The van der Waals surface area contributed by atoms with Gasteiger partial charge in [0.2, 0.25) is 0 Å². The molecule has 0 unspecified atom stereocenters. The quantitative estimate of drug-likeness (QED) is 0.784. The van der Waals surface area contributed by atoms with Gasteiger partial charge >= 0.3 is 5.97 Å². The van der Waals surface area contributed by atoms with E-state index in [-0.39, 0.29) is 5.56 Å². The molecule has 0 saturated heterocycles. The van der Waals surface area contributed by atoms with Gasteiger partial charge in [0.1, 0.15) is 5.75 Å². The highest BCUT2D eigenvalue weighted by atomic mass is 35.5. The maximum Gasteiger partial charge on any atom is 0.335 e. The minimum Gasteiger partial charge on any atom is -0.497 e. The van der Waals surface area contributed by atoms with Gasteiger partial charge in [-0.25, -0.2) is 9.78 Å². The molecule has 2 aromatic carbocycles. The van der Waals surface area contributed by atoms with Gasteiger partial charge in [-0.2, -0.15) is 0 Å². The number of carboxylic acids is 1. The molecule has 110 valence electrons. The van der Waals surface area contributed by atoms with Crippen LogP contribution in [0.5, 0.6) is 5.75 Å². The smallest absolute Gasteiger partial charge is 0.335 e. The number of hydrogen-bond acceptors (Lipinski definition) is 3. The van der Waals surface area contributed by atoms with Gasteiger partial charge in [0.15, 0.2) is 0 Å². The average Bonchev–Trinajstić information content (AvgIpc) is 2.53. The Labute approximate surface area is 131 Å². The van der Waals surface area contributed by atoms with Gasteiger partial charge in [0.05, 0.1) is 28.9 Å². The molecule has 0 spiro atoms. The molecule has 0 bridgehead atoms. The van der Waals surface area contributed by atoms with Crippen molar-refractivity contribution in [3.8, 4) is 17.0 Å². The molecule has 1 aromatic heterocycles. The lowest BCUT2D eigenvalue weighted by Gasteiger charge is -2.08. The zero-order valence-electron chi connectivity index (χ0n) is 11.7. The van der Waals surface area contributed by atoms with Crippen LogP contribution < -0.4 is 4.74 Å². The molecular weight excluding hydrogens is 302 g/mol. The maximum atomic E-state index is 10.9. The number of halogens is 1. The molecule has 1 heterocycles. The Morgan fingerprint density at radius 1 is 1.14 bits per heavy atom. The molecule has 0 radical (unpaired) electrons. The Kier molecular flexibility index (Phi) is 3.69. The highest BCUT2D eigenvalue weighted by Crippen LogP contribution is 2.31. The summed E-state index contributed by atoms with van der Waals surface area (Å²) in [5, 5.41) is 10.3. The Balaban J connectivity index is 2.10. The third-order valence-corrected chi connectivity index (χ3v) is 3.67. The number of methoxy groups -OCH3 is 1. The summed E-state index contributed by atoms with van der Waals surface area (Å²) in [5.41, 5.74) is 2.41. The summed E-state index contributed by atoms with van der Waals surface area (Å²) in [7, 11) is 1.61. The Morgan fingerprint density at radius 3 is 2.50 bits per heavy atom. The number of rotatable bonds is 3. The third-order valence-electron chi connectivity index (χ3n) is 3.38. The van der Waals surface area contributed by atoms with Crippen LogP contribution in [-0.4, -0.2) is 23.2 Å². The number of hydrogen-bond donors (Lipinski definition) is 1. The maximum absolute atomic E-state index is 10.9. The third kappa shape index (κ3) is 2.61. The minimum atomic E-state index is -0.962. The van der Waals surface area contributed by atoms with Crippen molar-refractivity contribution in [1.82, 2.24) is 4.98 Å². The van der Waals surface area contributed by atoms with Gasteiger partial charge in [-0.1, -0.05) is 23.7 Å². The van der Waals surface area contributed by atoms with Crippen molar-refractivity contribution < 1.29 is 14.6 Å². The number of ether oxygens (including phenoxy) is 1. The molecule has 0 atom stereocenters. The standard InChI is InChI=1S/C17H12ClNO3/c1-22-13-6-7-15-12(8-13)9-14(18)16(19-15)10-2-4-11(5-3-10)17(20)21/h2-9H,1H3,(H,20,21). The van der Waals surface area contributed by atoms with Gasteiger partial charge in [-0.3, -0.25) is 0 Å². The monoisotopic (exact) mass is 313 g/mol. The van der Waals surface area contributed by atoms with Crippen LogP contribution in [0.1, 0.15) is 10.4 Å². The van der Waals surface area contributed by atoms with Crippen LogP contribution in [-0.2, 0) is 0 Å². The fraction of sp³-hybridized carbons (Fsp3) is 0.0588. The van der Waals surface area contributed by atoms with Crippen LogP contribution in [0.4, 0.5) is 0 Å². The van der Waals surface area contributed by atoms with Crippen LogP contribution in [0.2, 0.25) is 5.02 Å². The van der Waals surface area contributed by atoms with Crippen molar-refractivity contribution >= 4 is 28.5 Å². The van der Waals surface area contributed by atoms with Crippen molar-refractivity contribution in [2.75, 3.05) is 7.11 Å². The van der Waals surface area contributed by atoms with Gasteiger partial charge in [0.25, 0.3) is 0 Å². The highest BCUT2D eigenvalue weighted by molar-refractivity contribution is 6.33. The summed E-state index contributed by atoms with van der Waals surface area (Å²) in [5.74, 6) is -0.222. The molecule has 3 rings (SSSR count). The molecular formula is C17H12ClNO3. The van der Waals surface area contributed by atoms with E-state index in [1.54, 1.807) is 19.2 Å². The molecule has 0 fully saturated rings. The van der Waals surface area contributed by atoms with Gasteiger partial charge < -0.3 is 9.84 Å². The van der Waals surface area contributed by atoms with Crippen LogP contribution >= 0.6 is 11.6 Å². The van der Waals surface area contributed by atoms with Gasteiger partial charge in [-0.05, 0) is 36.4 Å². The largest absolute Gasteiger partial charge is 0.497 e. The molecule has 4 nitrogen and oxygen atoms in total. The normalized spacial score (nSPS) is 10.6. The number of carboxylic acid groups (broad SMARTS) is 1. The van der Waals surface area contributed by atoms with E-state index < -0.39 is 5.97 Å². The van der Waals surface area contributed by atoms with E-state index in [0.717, 1.165) is 22.2 Å². The van der Waals surface area contributed by atoms with Crippen LogP contribution in [0.15, 0.2) is 48.5 Å². The molecule has 0 saturated carbocycles. The summed E-state index contributed by atoms with van der Waals surface area (Å²) in [4.78, 5) is 15.5. The number of carbonyl (C=O) groups is 1. The van der Waals surface area contributed by atoms with Gasteiger partial charge in [0, 0.05) is 10.9 Å². The zero-order chi connectivity index (χ0) is 15.7. The summed E-state index contributed by atoms with van der Waals surface area (Å²) in [6, 6.07) is 13.9. The average molecular weight is 314 g/mol. The second kappa shape index (κ2) is 5.66. The van der Waals surface area contributed by atoms with E-state index >= 15 is 0 Å². The number of aromatic nitrogens is 1. The van der Waals surface area contributed by atoms with Crippen molar-refractivity contribution in [3.05, 3.63) is 59.1 Å². The molecule has 0 aliphatic carbocycles. The topological polar surface area (TPSA) is 59.4 Å². The fourth-order valence-electron chi connectivity index (χ4n) is 2.23. The Morgan fingerprint density at radius 2 is 1.86 bits per heavy atom. The summed E-state index contributed by atoms with van der Waals surface area (Å²) in [6.07, 6.45) is 0. The van der Waals surface area contributed by atoms with Gasteiger partial charge in [-0.15, -0.1) is 0 Å². The Bertz CT molecular complexity index is 860.